The zero-order chi connectivity index (χ0) is 19.2. The lowest BCUT2D eigenvalue weighted by molar-refractivity contribution is 0.102. The van der Waals surface area contributed by atoms with Crippen LogP contribution in [-0.2, 0) is 6.54 Å². The SMILES string of the molecule is CCN(Cc1ccccc1)c1nc(C)cc(C(=O)Nc2ccccc2Cl)n1. The molecule has 0 aliphatic carbocycles. The van der Waals surface area contributed by atoms with E-state index < -0.39 is 0 Å². The first-order valence-electron chi connectivity index (χ1n) is 8.77. The smallest absolute Gasteiger partial charge is 0.274 e. The Bertz CT molecular complexity index is 930. The molecule has 0 radical (unpaired) electrons. The average molecular weight is 381 g/mol. The number of amides is 1. The number of hydrogen-bond donors (Lipinski definition) is 1. The molecule has 0 aliphatic rings. The van der Waals surface area contributed by atoms with Crippen molar-refractivity contribution in [2.75, 3.05) is 16.8 Å². The van der Waals surface area contributed by atoms with Crippen LogP contribution in [0.5, 0.6) is 0 Å². The Kier molecular flexibility index (Phi) is 6.04. The minimum atomic E-state index is -0.314. The van der Waals surface area contributed by atoms with E-state index in [0.717, 1.165) is 17.8 Å². The summed E-state index contributed by atoms with van der Waals surface area (Å²) in [4.78, 5) is 23.7. The second-order valence-corrected chi connectivity index (χ2v) is 6.54. The van der Waals surface area contributed by atoms with E-state index >= 15 is 0 Å². The average Bonchev–Trinajstić information content (AvgIpc) is 2.68. The molecule has 0 aliphatic heterocycles. The van der Waals surface area contributed by atoms with E-state index in [1.165, 1.54) is 0 Å². The molecular formula is C21H21ClN4O. The van der Waals surface area contributed by atoms with E-state index in [0.29, 0.717) is 28.9 Å². The summed E-state index contributed by atoms with van der Waals surface area (Å²) >= 11 is 6.13. The van der Waals surface area contributed by atoms with Crippen LogP contribution in [0.2, 0.25) is 5.02 Å². The van der Waals surface area contributed by atoms with E-state index in [2.05, 4.69) is 27.4 Å². The molecular weight excluding hydrogens is 360 g/mol. The summed E-state index contributed by atoms with van der Waals surface area (Å²) in [6.45, 7) is 5.29. The van der Waals surface area contributed by atoms with Crippen molar-refractivity contribution in [1.29, 1.82) is 0 Å². The number of aromatic nitrogens is 2. The number of anilines is 2. The number of carbonyl (C=O) groups is 1. The van der Waals surface area contributed by atoms with Crippen LogP contribution in [0.1, 0.15) is 28.7 Å². The number of aryl methyl sites for hydroxylation is 1. The van der Waals surface area contributed by atoms with Gasteiger partial charge in [-0.1, -0.05) is 54.1 Å². The van der Waals surface area contributed by atoms with Crippen LogP contribution in [0.4, 0.5) is 11.6 Å². The summed E-state index contributed by atoms with van der Waals surface area (Å²) in [6.07, 6.45) is 0. The highest BCUT2D eigenvalue weighted by Crippen LogP contribution is 2.21. The molecule has 5 nitrogen and oxygen atoms in total. The Labute approximate surface area is 164 Å². The Balaban J connectivity index is 1.84. The first kappa shape index (κ1) is 18.9. The standard InChI is InChI=1S/C21H21ClN4O/c1-3-26(14-16-9-5-4-6-10-16)21-23-15(2)13-19(25-21)20(27)24-18-12-8-7-11-17(18)22/h4-13H,3,14H2,1-2H3,(H,24,27). The normalized spacial score (nSPS) is 10.5. The molecule has 1 aromatic heterocycles. The van der Waals surface area contributed by atoms with Gasteiger partial charge in [0, 0.05) is 18.8 Å². The van der Waals surface area contributed by atoms with E-state index in [1.807, 2.05) is 49.1 Å². The maximum Gasteiger partial charge on any atom is 0.274 e. The molecule has 3 rings (SSSR count). The lowest BCUT2D eigenvalue weighted by Crippen LogP contribution is -2.26. The zero-order valence-corrected chi connectivity index (χ0v) is 16.1. The fourth-order valence-electron chi connectivity index (χ4n) is 2.69. The monoisotopic (exact) mass is 380 g/mol. The Morgan fingerprint density at radius 1 is 1.07 bits per heavy atom. The first-order valence-corrected chi connectivity index (χ1v) is 9.15. The molecule has 1 amide bonds. The van der Waals surface area contributed by atoms with Crippen LogP contribution in [0.3, 0.4) is 0 Å². The molecule has 0 saturated heterocycles. The highest BCUT2D eigenvalue weighted by molar-refractivity contribution is 6.33. The van der Waals surface area contributed by atoms with Crippen LogP contribution in [0.15, 0.2) is 60.7 Å². The number of halogens is 1. The molecule has 1 heterocycles. The molecule has 27 heavy (non-hydrogen) atoms. The Hall–Kier alpha value is -2.92. The Morgan fingerprint density at radius 3 is 2.48 bits per heavy atom. The minimum absolute atomic E-state index is 0.309. The lowest BCUT2D eigenvalue weighted by atomic mass is 10.2. The fourth-order valence-corrected chi connectivity index (χ4v) is 2.87. The van der Waals surface area contributed by atoms with Crippen LogP contribution in [0, 0.1) is 6.92 Å². The van der Waals surface area contributed by atoms with Crippen LogP contribution in [0.25, 0.3) is 0 Å². The fraction of sp³-hybridized carbons (Fsp3) is 0.190. The van der Waals surface area contributed by atoms with E-state index in [4.69, 9.17) is 11.6 Å². The van der Waals surface area contributed by atoms with Gasteiger partial charge in [-0.15, -0.1) is 0 Å². The number of benzene rings is 2. The summed E-state index contributed by atoms with van der Waals surface area (Å²) in [5, 5.41) is 3.29. The van der Waals surface area contributed by atoms with Gasteiger partial charge >= 0.3 is 0 Å². The number of para-hydroxylation sites is 1. The minimum Gasteiger partial charge on any atom is -0.337 e. The summed E-state index contributed by atoms with van der Waals surface area (Å²) in [5.41, 5.74) is 2.75. The Morgan fingerprint density at radius 2 is 1.78 bits per heavy atom. The van der Waals surface area contributed by atoms with Gasteiger partial charge in [-0.3, -0.25) is 4.79 Å². The molecule has 0 spiro atoms. The van der Waals surface area contributed by atoms with Crippen molar-refractivity contribution in [2.45, 2.75) is 20.4 Å². The van der Waals surface area contributed by atoms with E-state index in [-0.39, 0.29) is 5.91 Å². The van der Waals surface area contributed by atoms with Crippen molar-refractivity contribution in [3.05, 3.63) is 82.6 Å². The van der Waals surface area contributed by atoms with Gasteiger partial charge in [-0.05, 0) is 37.6 Å². The van der Waals surface area contributed by atoms with Crippen molar-refractivity contribution < 1.29 is 4.79 Å². The van der Waals surface area contributed by atoms with Crippen molar-refractivity contribution in [3.8, 4) is 0 Å². The van der Waals surface area contributed by atoms with Crippen LogP contribution < -0.4 is 10.2 Å². The van der Waals surface area contributed by atoms with Gasteiger partial charge in [0.05, 0.1) is 10.7 Å². The molecule has 1 N–H and O–H groups in total. The molecule has 138 valence electrons. The van der Waals surface area contributed by atoms with E-state index in [9.17, 15) is 4.79 Å². The number of nitrogens with one attached hydrogen (secondary N) is 1. The van der Waals surface area contributed by atoms with Gasteiger partial charge in [0.2, 0.25) is 5.95 Å². The predicted molar refractivity (Wildman–Crippen MR) is 109 cm³/mol. The maximum absolute atomic E-state index is 12.7. The quantitative estimate of drug-likeness (QED) is 0.672. The van der Waals surface area contributed by atoms with Gasteiger partial charge in [0.1, 0.15) is 5.69 Å². The van der Waals surface area contributed by atoms with Crippen molar-refractivity contribution in [3.63, 3.8) is 0 Å². The van der Waals surface area contributed by atoms with Crippen LogP contribution >= 0.6 is 11.6 Å². The number of nitrogens with zero attached hydrogens (tertiary/aromatic N) is 3. The molecule has 2 aromatic carbocycles. The van der Waals surface area contributed by atoms with E-state index in [1.54, 1.807) is 18.2 Å². The third-order valence-corrected chi connectivity index (χ3v) is 4.41. The largest absolute Gasteiger partial charge is 0.337 e. The third kappa shape index (κ3) is 4.83. The maximum atomic E-state index is 12.7. The molecule has 6 heteroatoms. The number of rotatable bonds is 6. The predicted octanol–water partition coefficient (Wildman–Crippen LogP) is 4.72. The van der Waals surface area contributed by atoms with Gasteiger partial charge < -0.3 is 10.2 Å². The summed E-state index contributed by atoms with van der Waals surface area (Å²) in [5.74, 6) is 0.219. The second-order valence-electron chi connectivity index (χ2n) is 6.13. The molecule has 0 bridgehead atoms. The second kappa shape index (κ2) is 8.64. The van der Waals surface area contributed by atoms with Crippen LogP contribution in [-0.4, -0.2) is 22.4 Å². The lowest BCUT2D eigenvalue weighted by Gasteiger charge is -2.21. The summed E-state index contributed by atoms with van der Waals surface area (Å²) in [6, 6.07) is 18.9. The topological polar surface area (TPSA) is 58.1 Å². The molecule has 3 aromatic rings. The molecule has 0 saturated carbocycles. The van der Waals surface area contributed by atoms with Crippen molar-refractivity contribution in [1.82, 2.24) is 9.97 Å². The molecule has 0 fully saturated rings. The van der Waals surface area contributed by atoms with Gasteiger partial charge in [-0.2, -0.15) is 0 Å². The van der Waals surface area contributed by atoms with Gasteiger partial charge in [0.25, 0.3) is 5.91 Å². The number of carbonyl (C=O) groups excluding carboxylic acids is 1. The van der Waals surface area contributed by atoms with Gasteiger partial charge in [-0.25, -0.2) is 9.97 Å². The molecule has 0 unspecified atom stereocenters. The summed E-state index contributed by atoms with van der Waals surface area (Å²) < 4.78 is 0. The summed E-state index contributed by atoms with van der Waals surface area (Å²) in [7, 11) is 0. The zero-order valence-electron chi connectivity index (χ0n) is 15.3. The van der Waals surface area contributed by atoms with Crippen molar-refractivity contribution in [2.24, 2.45) is 0 Å². The van der Waals surface area contributed by atoms with Crippen molar-refractivity contribution >= 4 is 29.1 Å². The number of hydrogen-bond acceptors (Lipinski definition) is 4. The highest BCUT2D eigenvalue weighted by atomic mass is 35.5. The van der Waals surface area contributed by atoms with Gasteiger partial charge in [0.15, 0.2) is 0 Å². The first-order chi connectivity index (χ1) is 13.1. The third-order valence-electron chi connectivity index (χ3n) is 4.08. The molecule has 0 atom stereocenters. The highest BCUT2D eigenvalue weighted by Gasteiger charge is 2.15.